The fraction of sp³-hybridized carbons (Fsp3) is 0.438. The van der Waals surface area contributed by atoms with Gasteiger partial charge in [0.15, 0.2) is 11.5 Å². The van der Waals surface area contributed by atoms with Gasteiger partial charge in [0, 0.05) is 12.6 Å². The summed E-state index contributed by atoms with van der Waals surface area (Å²) < 4.78 is 42.8. The Morgan fingerprint density at radius 1 is 1.33 bits per heavy atom. The molecule has 14 heteroatoms. The number of nitrogens with two attached hydrogens (primary N) is 1. The molecule has 0 unspecified atom stereocenters. The van der Waals surface area contributed by atoms with Crippen molar-refractivity contribution in [1.29, 1.82) is 0 Å². The number of aliphatic imine (C=N–C) groups is 1. The highest BCUT2D eigenvalue weighted by atomic mass is 79.9. The molecule has 1 saturated carbocycles. The highest BCUT2D eigenvalue weighted by Gasteiger charge is 2.25. The van der Waals surface area contributed by atoms with Crippen LogP contribution in [0.25, 0.3) is 0 Å². The third kappa shape index (κ3) is 6.18. The number of hydroxylamine groups is 1. The molecule has 0 aliphatic heterocycles. The third-order valence-electron chi connectivity index (χ3n) is 4.72. The highest BCUT2D eigenvalue weighted by Crippen LogP contribution is 2.27. The van der Waals surface area contributed by atoms with Crippen molar-refractivity contribution in [3.05, 3.63) is 34.2 Å². The van der Waals surface area contributed by atoms with Gasteiger partial charge in [-0.3, -0.25) is 10.7 Å². The van der Waals surface area contributed by atoms with Crippen LogP contribution in [-0.2, 0) is 10.2 Å². The van der Waals surface area contributed by atoms with E-state index in [4.69, 9.17) is 9.77 Å². The van der Waals surface area contributed by atoms with E-state index in [1.807, 2.05) is 5.48 Å². The smallest absolute Gasteiger partial charge is 0.274 e. The van der Waals surface area contributed by atoms with Crippen molar-refractivity contribution in [2.24, 2.45) is 16.0 Å². The quantitative estimate of drug-likeness (QED) is 0.215. The van der Waals surface area contributed by atoms with Crippen molar-refractivity contribution < 1.29 is 22.6 Å². The number of hydrogen-bond donors (Lipinski definition) is 5. The topological polar surface area (TPSA) is 168 Å². The summed E-state index contributed by atoms with van der Waals surface area (Å²) >= 11 is 3.08. The van der Waals surface area contributed by atoms with Crippen LogP contribution in [0.2, 0.25) is 0 Å². The lowest BCUT2D eigenvalue weighted by Crippen LogP contribution is -2.37. The first-order valence-corrected chi connectivity index (χ1v) is 11.4. The Morgan fingerprint density at radius 2 is 2.07 bits per heavy atom. The van der Waals surface area contributed by atoms with Crippen LogP contribution in [0.4, 0.5) is 15.9 Å². The van der Waals surface area contributed by atoms with Gasteiger partial charge in [0.25, 0.3) is 10.2 Å². The SMILES string of the molecule is NS(=O)(=O)NCC1CCC(Nc2nonc2/C(=N\c2ccc(F)c(Br)c2)NO)CC1. The molecule has 0 saturated heterocycles. The fourth-order valence-electron chi connectivity index (χ4n) is 3.19. The molecule has 11 nitrogen and oxygen atoms in total. The molecule has 1 aromatic heterocycles. The van der Waals surface area contributed by atoms with Crippen LogP contribution in [0.15, 0.2) is 32.3 Å². The molecule has 1 fully saturated rings. The maximum atomic E-state index is 13.4. The zero-order valence-corrected chi connectivity index (χ0v) is 18.1. The minimum atomic E-state index is -3.69. The van der Waals surface area contributed by atoms with Gasteiger partial charge in [-0.25, -0.2) is 23.9 Å². The van der Waals surface area contributed by atoms with Gasteiger partial charge in [0.2, 0.25) is 5.82 Å². The van der Waals surface area contributed by atoms with E-state index >= 15 is 0 Å². The van der Waals surface area contributed by atoms with E-state index in [-0.39, 0.29) is 28.0 Å². The van der Waals surface area contributed by atoms with E-state index in [0.717, 1.165) is 25.7 Å². The lowest BCUT2D eigenvalue weighted by molar-refractivity contribution is 0.234. The number of amidine groups is 1. The van der Waals surface area contributed by atoms with Gasteiger partial charge in [0.1, 0.15) is 5.82 Å². The number of rotatable bonds is 7. The van der Waals surface area contributed by atoms with Crippen molar-refractivity contribution >= 4 is 43.5 Å². The average molecular weight is 506 g/mol. The van der Waals surface area contributed by atoms with Crippen molar-refractivity contribution in [2.45, 2.75) is 31.7 Å². The fourth-order valence-corrected chi connectivity index (χ4v) is 4.03. The van der Waals surface area contributed by atoms with Crippen LogP contribution in [0, 0.1) is 11.7 Å². The Hall–Kier alpha value is -2.13. The molecule has 0 bridgehead atoms. The summed E-state index contributed by atoms with van der Waals surface area (Å²) in [5.74, 6) is 0.0306. The molecule has 1 heterocycles. The van der Waals surface area contributed by atoms with E-state index in [9.17, 15) is 18.0 Å². The molecule has 0 atom stereocenters. The van der Waals surface area contributed by atoms with Crippen LogP contribution >= 0.6 is 15.9 Å². The summed E-state index contributed by atoms with van der Waals surface area (Å²) in [7, 11) is -3.69. The van der Waals surface area contributed by atoms with E-state index < -0.39 is 16.0 Å². The molecule has 1 aliphatic carbocycles. The monoisotopic (exact) mass is 505 g/mol. The van der Waals surface area contributed by atoms with Crippen LogP contribution < -0.4 is 20.7 Å². The number of nitrogens with zero attached hydrogens (tertiary/aromatic N) is 3. The Labute approximate surface area is 180 Å². The Balaban J connectivity index is 1.65. The Morgan fingerprint density at radius 3 is 2.70 bits per heavy atom. The summed E-state index contributed by atoms with van der Waals surface area (Å²) in [4.78, 5) is 4.21. The predicted octanol–water partition coefficient (Wildman–Crippen LogP) is 1.79. The van der Waals surface area contributed by atoms with E-state index in [2.05, 4.69) is 41.3 Å². The van der Waals surface area contributed by atoms with Gasteiger partial charge in [-0.2, -0.15) is 8.42 Å². The van der Waals surface area contributed by atoms with Gasteiger partial charge in [-0.15, -0.1) is 0 Å². The molecular weight excluding hydrogens is 485 g/mol. The summed E-state index contributed by atoms with van der Waals surface area (Å²) in [6.45, 7) is 0.306. The Kier molecular flexibility index (Phi) is 7.36. The van der Waals surface area contributed by atoms with Gasteiger partial charge in [0.05, 0.1) is 10.2 Å². The van der Waals surface area contributed by atoms with E-state index in [1.54, 1.807) is 0 Å². The van der Waals surface area contributed by atoms with Crippen molar-refractivity contribution in [2.75, 3.05) is 11.9 Å². The largest absolute Gasteiger partial charge is 0.363 e. The second kappa shape index (κ2) is 9.78. The zero-order chi connectivity index (χ0) is 21.7. The number of benzene rings is 1. The number of hydrogen-bond acceptors (Lipinski definition) is 8. The average Bonchev–Trinajstić information content (AvgIpc) is 3.15. The summed E-state index contributed by atoms with van der Waals surface area (Å²) in [5, 5.41) is 25.3. The van der Waals surface area contributed by atoms with E-state index in [0.29, 0.717) is 18.1 Å². The normalized spacial score (nSPS) is 20.2. The van der Waals surface area contributed by atoms with Crippen LogP contribution in [0.1, 0.15) is 31.4 Å². The molecule has 0 radical (unpaired) electrons. The number of anilines is 1. The summed E-state index contributed by atoms with van der Waals surface area (Å²) in [5.41, 5.74) is 2.50. The second-order valence-electron chi connectivity index (χ2n) is 6.89. The molecule has 164 valence electrons. The van der Waals surface area contributed by atoms with Crippen molar-refractivity contribution in [3.63, 3.8) is 0 Å². The molecule has 1 aliphatic rings. The molecule has 0 amide bonds. The molecule has 3 rings (SSSR count). The molecular formula is C16H21BrFN7O4S. The first kappa shape index (κ1) is 22.6. The van der Waals surface area contributed by atoms with Crippen molar-refractivity contribution in [3.8, 4) is 0 Å². The molecule has 1 aromatic carbocycles. The first-order chi connectivity index (χ1) is 14.2. The Bertz CT molecular complexity index is 1010. The first-order valence-electron chi connectivity index (χ1n) is 9.06. The molecule has 0 spiro atoms. The molecule has 30 heavy (non-hydrogen) atoms. The lowest BCUT2D eigenvalue weighted by Gasteiger charge is -2.28. The predicted molar refractivity (Wildman–Crippen MR) is 110 cm³/mol. The second-order valence-corrected chi connectivity index (χ2v) is 9.12. The van der Waals surface area contributed by atoms with E-state index in [1.165, 1.54) is 18.2 Å². The summed E-state index contributed by atoms with van der Waals surface area (Å²) in [6.07, 6.45) is 3.13. The minimum Gasteiger partial charge on any atom is -0.363 e. The number of aromatic nitrogens is 2. The van der Waals surface area contributed by atoms with Gasteiger partial charge < -0.3 is 5.32 Å². The van der Waals surface area contributed by atoms with Gasteiger partial charge in [-0.1, -0.05) is 0 Å². The van der Waals surface area contributed by atoms with Gasteiger partial charge >= 0.3 is 0 Å². The zero-order valence-electron chi connectivity index (χ0n) is 15.7. The van der Waals surface area contributed by atoms with Crippen LogP contribution in [0.5, 0.6) is 0 Å². The number of halogens is 2. The molecule has 6 N–H and O–H groups in total. The maximum absolute atomic E-state index is 13.4. The standard InChI is InChI=1S/C16H21BrFN7O4S/c17-12-7-11(5-6-13(12)18)22-15(23-26)14-16(25-29-24-14)21-10-3-1-9(2-4-10)8-20-30(19,27)28/h5-7,9-10,20,26H,1-4,8H2,(H,21,25)(H,22,23)(H2,19,27,28). The van der Waals surface area contributed by atoms with Crippen molar-refractivity contribution in [1.82, 2.24) is 20.5 Å². The maximum Gasteiger partial charge on any atom is 0.274 e. The molecule has 2 aromatic rings. The van der Waals surface area contributed by atoms with Gasteiger partial charge in [-0.05, 0) is 76.0 Å². The third-order valence-corrected chi connectivity index (χ3v) is 5.90. The number of nitrogens with one attached hydrogen (secondary N) is 3. The van der Waals surface area contributed by atoms with Crippen LogP contribution in [0.3, 0.4) is 0 Å². The highest BCUT2D eigenvalue weighted by molar-refractivity contribution is 9.10. The lowest BCUT2D eigenvalue weighted by atomic mass is 9.86. The van der Waals surface area contributed by atoms with Crippen LogP contribution in [-0.4, -0.2) is 42.4 Å². The summed E-state index contributed by atoms with van der Waals surface area (Å²) in [6, 6.07) is 4.18. The minimum absolute atomic E-state index is 0.0247.